The van der Waals surface area contributed by atoms with E-state index in [1.54, 1.807) is 0 Å². The highest BCUT2D eigenvalue weighted by atomic mass is 16.1. The Hall–Kier alpha value is -2.17. The minimum absolute atomic E-state index is 0.0732. The van der Waals surface area contributed by atoms with Crippen LogP contribution in [0.4, 0.5) is 5.69 Å². The van der Waals surface area contributed by atoms with Crippen molar-refractivity contribution in [2.45, 2.75) is 58.4 Å². The molecule has 0 spiro atoms. The van der Waals surface area contributed by atoms with Crippen LogP contribution in [-0.2, 0) is 17.8 Å². The first-order valence-electron chi connectivity index (χ1n) is 8.60. The summed E-state index contributed by atoms with van der Waals surface area (Å²) in [6, 6.07) is 7.91. The van der Waals surface area contributed by atoms with Crippen molar-refractivity contribution in [2.24, 2.45) is 0 Å². The normalized spacial score (nSPS) is 14.1. The molecule has 5 nitrogen and oxygen atoms in total. The fourth-order valence-electron chi connectivity index (χ4n) is 3.00. The molecule has 0 fully saturated rings. The molecule has 0 unspecified atom stereocenters. The first kappa shape index (κ1) is 15.7. The molecule has 3 rings (SSSR count). The second-order valence-corrected chi connectivity index (χ2v) is 6.13. The molecule has 1 aromatic heterocycles. The molecule has 1 amide bonds. The van der Waals surface area contributed by atoms with Crippen LogP contribution < -0.4 is 5.32 Å². The molecule has 23 heavy (non-hydrogen) atoms. The van der Waals surface area contributed by atoms with Crippen molar-refractivity contribution in [3.05, 3.63) is 30.1 Å². The predicted octanol–water partition coefficient (Wildman–Crippen LogP) is 3.80. The van der Waals surface area contributed by atoms with Crippen molar-refractivity contribution < 1.29 is 4.79 Å². The molecule has 2 heterocycles. The summed E-state index contributed by atoms with van der Waals surface area (Å²) >= 11 is 0. The van der Waals surface area contributed by atoms with Gasteiger partial charge in [-0.1, -0.05) is 31.9 Å². The Morgan fingerprint density at radius 2 is 2.17 bits per heavy atom. The van der Waals surface area contributed by atoms with Crippen molar-refractivity contribution in [1.82, 2.24) is 14.8 Å². The van der Waals surface area contributed by atoms with Gasteiger partial charge in [0.25, 0.3) is 0 Å². The lowest BCUT2D eigenvalue weighted by Gasteiger charge is -2.09. The van der Waals surface area contributed by atoms with Crippen LogP contribution in [0.15, 0.2) is 24.3 Å². The predicted molar refractivity (Wildman–Crippen MR) is 91.2 cm³/mol. The van der Waals surface area contributed by atoms with Gasteiger partial charge in [0.1, 0.15) is 5.82 Å². The van der Waals surface area contributed by atoms with Crippen LogP contribution in [0.5, 0.6) is 0 Å². The highest BCUT2D eigenvalue weighted by Crippen LogP contribution is 2.24. The van der Waals surface area contributed by atoms with Crippen LogP contribution in [-0.4, -0.2) is 20.7 Å². The van der Waals surface area contributed by atoms with E-state index in [-0.39, 0.29) is 5.91 Å². The summed E-state index contributed by atoms with van der Waals surface area (Å²) < 4.78 is 2.23. The molecule has 0 atom stereocenters. The Morgan fingerprint density at radius 3 is 3.04 bits per heavy atom. The topological polar surface area (TPSA) is 59.8 Å². The number of carbonyl (C=O) groups excluding carboxylic acids is 1. The number of anilines is 1. The van der Waals surface area contributed by atoms with Crippen molar-refractivity contribution in [1.29, 1.82) is 0 Å². The van der Waals surface area contributed by atoms with E-state index in [9.17, 15) is 4.79 Å². The molecule has 0 radical (unpaired) electrons. The summed E-state index contributed by atoms with van der Waals surface area (Å²) in [5, 5.41) is 11.7. The van der Waals surface area contributed by atoms with Gasteiger partial charge in [-0.05, 0) is 31.4 Å². The van der Waals surface area contributed by atoms with E-state index in [4.69, 9.17) is 0 Å². The van der Waals surface area contributed by atoms with Crippen molar-refractivity contribution in [2.75, 3.05) is 5.32 Å². The number of aryl methyl sites for hydroxylation is 1. The van der Waals surface area contributed by atoms with E-state index in [0.29, 0.717) is 6.42 Å². The van der Waals surface area contributed by atoms with Crippen LogP contribution >= 0.6 is 0 Å². The number of unbranched alkanes of at least 4 members (excludes halogenated alkanes) is 1. The Balaban J connectivity index is 1.80. The number of hydrogen-bond donors (Lipinski definition) is 1. The minimum Gasteiger partial charge on any atom is -0.326 e. The number of carbonyl (C=O) groups is 1. The minimum atomic E-state index is 0.0732. The average Bonchev–Trinajstić information content (AvgIpc) is 2.82. The monoisotopic (exact) mass is 312 g/mol. The van der Waals surface area contributed by atoms with Gasteiger partial charge in [-0.3, -0.25) is 4.79 Å². The maximum atomic E-state index is 11.9. The zero-order chi connectivity index (χ0) is 16.1. The third kappa shape index (κ3) is 3.78. The molecular weight excluding hydrogens is 288 g/mol. The summed E-state index contributed by atoms with van der Waals surface area (Å²) in [4.78, 5) is 11.9. The molecule has 1 aromatic carbocycles. The third-order valence-corrected chi connectivity index (χ3v) is 4.27. The third-order valence-electron chi connectivity index (χ3n) is 4.27. The van der Waals surface area contributed by atoms with Crippen LogP contribution in [0.2, 0.25) is 0 Å². The number of benzene rings is 1. The van der Waals surface area contributed by atoms with E-state index in [2.05, 4.69) is 27.0 Å². The average molecular weight is 312 g/mol. The first-order chi connectivity index (χ1) is 11.3. The molecule has 1 aliphatic heterocycles. The number of aromatic nitrogens is 3. The summed E-state index contributed by atoms with van der Waals surface area (Å²) in [7, 11) is 0. The summed E-state index contributed by atoms with van der Waals surface area (Å²) in [6.45, 7) is 3.07. The first-order valence-corrected chi connectivity index (χ1v) is 8.60. The number of rotatable bonds is 5. The van der Waals surface area contributed by atoms with Gasteiger partial charge in [0.05, 0.1) is 0 Å². The molecule has 1 aliphatic rings. The second kappa shape index (κ2) is 7.40. The second-order valence-electron chi connectivity index (χ2n) is 6.13. The van der Waals surface area contributed by atoms with Gasteiger partial charge in [0.2, 0.25) is 5.91 Å². The lowest BCUT2D eigenvalue weighted by molar-refractivity contribution is -0.116. The number of nitrogens with one attached hydrogen (secondary N) is 1. The standard InChI is InChI=1S/C18H24N4O/c1-2-3-11-17(23)19-15-9-7-8-14(13-15)18-21-20-16-10-5-4-6-12-22(16)18/h7-9,13H,2-6,10-12H2,1H3,(H,19,23). The van der Waals surface area contributed by atoms with Crippen LogP contribution in [0.3, 0.4) is 0 Å². The van der Waals surface area contributed by atoms with Crippen LogP contribution in [0, 0.1) is 0 Å². The van der Waals surface area contributed by atoms with E-state index in [0.717, 1.165) is 48.7 Å². The van der Waals surface area contributed by atoms with E-state index < -0.39 is 0 Å². The quantitative estimate of drug-likeness (QED) is 0.913. The van der Waals surface area contributed by atoms with E-state index in [1.165, 1.54) is 19.3 Å². The molecule has 5 heteroatoms. The number of amides is 1. The smallest absolute Gasteiger partial charge is 0.224 e. The van der Waals surface area contributed by atoms with Gasteiger partial charge in [0, 0.05) is 30.6 Å². The molecule has 1 N–H and O–H groups in total. The summed E-state index contributed by atoms with van der Waals surface area (Å²) in [5.41, 5.74) is 1.84. The van der Waals surface area contributed by atoms with Crippen molar-refractivity contribution in [3.8, 4) is 11.4 Å². The molecule has 0 bridgehead atoms. The Morgan fingerprint density at radius 1 is 1.26 bits per heavy atom. The molecule has 0 saturated carbocycles. The summed E-state index contributed by atoms with van der Waals surface area (Å²) in [5.74, 6) is 2.06. The molecule has 0 saturated heterocycles. The fourth-order valence-corrected chi connectivity index (χ4v) is 3.00. The zero-order valence-electron chi connectivity index (χ0n) is 13.7. The van der Waals surface area contributed by atoms with Crippen molar-refractivity contribution >= 4 is 11.6 Å². The maximum Gasteiger partial charge on any atom is 0.224 e. The van der Waals surface area contributed by atoms with Gasteiger partial charge < -0.3 is 9.88 Å². The molecular formula is C18H24N4O. The Labute approximate surface area is 137 Å². The van der Waals surface area contributed by atoms with E-state index in [1.807, 2.05) is 24.3 Å². The Kier molecular flexibility index (Phi) is 5.05. The van der Waals surface area contributed by atoms with Crippen molar-refractivity contribution in [3.63, 3.8) is 0 Å². The number of hydrogen-bond acceptors (Lipinski definition) is 3. The maximum absolute atomic E-state index is 11.9. The molecule has 2 aromatic rings. The van der Waals surface area contributed by atoms with Crippen LogP contribution in [0.1, 0.15) is 51.3 Å². The lowest BCUT2D eigenvalue weighted by atomic mass is 10.1. The zero-order valence-corrected chi connectivity index (χ0v) is 13.7. The van der Waals surface area contributed by atoms with Gasteiger partial charge >= 0.3 is 0 Å². The fraction of sp³-hybridized carbons (Fsp3) is 0.500. The van der Waals surface area contributed by atoms with Gasteiger partial charge in [-0.25, -0.2) is 0 Å². The summed E-state index contributed by atoms with van der Waals surface area (Å²) in [6.07, 6.45) is 7.12. The SMILES string of the molecule is CCCCC(=O)Nc1cccc(-c2nnc3n2CCCCC3)c1. The van der Waals surface area contributed by atoms with Gasteiger partial charge in [-0.2, -0.15) is 0 Å². The van der Waals surface area contributed by atoms with Gasteiger partial charge in [-0.15, -0.1) is 10.2 Å². The lowest BCUT2D eigenvalue weighted by Crippen LogP contribution is -2.11. The number of fused-ring (bicyclic) bond motifs is 1. The molecule has 122 valence electrons. The highest BCUT2D eigenvalue weighted by molar-refractivity contribution is 5.91. The van der Waals surface area contributed by atoms with Gasteiger partial charge in [0.15, 0.2) is 5.82 Å². The van der Waals surface area contributed by atoms with E-state index >= 15 is 0 Å². The molecule has 0 aliphatic carbocycles. The van der Waals surface area contributed by atoms with Crippen LogP contribution in [0.25, 0.3) is 11.4 Å². The highest BCUT2D eigenvalue weighted by Gasteiger charge is 2.16. The Bertz CT molecular complexity index is 677. The largest absolute Gasteiger partial charge is 0.326 e. The number of nitrogens with zero attached hydrogens (tertiary/aromatic N) is 3.